The molecule has 2 N–H and O–H groups in total. The van der Waals surface area contributed by atoms with Crippen molar-refractivity contribution in [3.05, 3.63) is 36.6 Å². The fourth-order valence-corrected chi connectivity index (χ4v) is 5.44. The summed E-state index contributed by atoms with van der Waals surface area (Å²) in [6.07, 6.45) is 9.40. The van der Waals surface area contributed by atoms with Gasteiger partial charge >= 0.3 is 0 Å². The van der Waals surface area contributed by atoms with E-state index in [4.69, 9.17) is 0 Å². The van der Waals surface area contributed by atoms with Crippen molar-refractivity contribution in [2.45, 2.75) is 86.0 Å². The fraction of sp³-hybridized carbons (Fsp3) is 0.800. The average molecular weight is 589 g/mol. The van der Waals surface area contributed by atoms with E-state index in [2.05, 4.69) is 84.6 Å². The van der Waals surface area contributed by atoms with Gasteiger partial charge in [0.1, 0.15) is 0 Å². The van der Waals surface area contributed by atoms with Gasteiger partial charge in [0.25, 0.3) is 0 Å². The number of hydrogen-bond acceptors (Lipinski definition) is 6. The van der Waals surface area contributed by atoms with Crippen molar-refractivity contribution in [2.24, 2.45) is 5.92 Å². The predicted octanol–water partition coefficient (Wildman–Crippen LogP) is 5.38. The summed E-state index contributed by atoms with van der Waals surface area (Å²) in [5, 5.41) is 6.68. The number of carbonyl (C=O) groups excluding carboxylic acids is 1. The zero-order chi connectivity index (χ0) is 31.2. The van der Waals surface area contributed by atoms with Crippen molar-refractivity contribution >= 4 is 5.91 Å². The molecule has 244 valence electrons. The first kappa shape index (κ1) is 38.4. The molecule has 7 heteroatoms. The molecule has 1 rings (SSSR count). The summed E-state index contributed by atoms with van der Waals surface area (Å²) in [6.45, 7) is 36.6. The fourth-order valence-electron chi connectivity index (χ4n) is 5.44. The number of hydrogen-bond donors (Lipinski definition) is 2. The van der Waals surface area contributed by atoms with Gasteiger partial charge in [0.15, 0.2) is 0 Å². The van der Waals surface area contributed by atoms with E-state index in [-0.39, 0.29) is 5.91 Å². The Balaban J connectivity index is 2.42. The lowest BCUT2D eigenvalue weighted by Crippen LogP contribution is -2.48. The minimum Gasteiger partial charge on any atom is -0.389 e. The highest BCUT2D eigenvalue weighted by molar-refractivity contribution is 5.77. The monoisotopic (exact) mass is 589 g/mol. The van der Waals surface area contributed by atoms with Crippen molar-refractivity contribution in [1.82, 2.24) is 30.2 Å². The second-order valence-electron chi connectivity index (χ2n) is 12.9. The summed E-state index contributed by atoms with van der Waals surface area (Å²) in [6, 6.07) is 0. The highest BCUT2D eigenvalue weighted by atomic mass is 16.2. The summed E-state index contributed by atoms with van der Waals surface area (Å²) < 4.78 is 0. The number of allylic oxidation sites excluding steroid dienone is 1. The van der Waals surface area contributed by atoms with Gasteiger partial charge in [0, 0.05) is 84.2 Å². The van der Waals surface area contributed by atoms with E-state index in [0.717, 1.165) is 122 Å². The van der Waals surface area contributed by atoms with Gasteiger partial charge in [0.2, 0.25) is 5.91 Å². The minimum atomic E-state index is 0.146. The molecular weight excluding hydrogens is 520 g/mol. The Bertz CT molecular complexity index is 769. The van der Waals surface area contributed by atoms with E-state index >= 15 is 0 Å². The Kier molecular flexibility index (Phi) is 21.7. The zero-order valence-corrected chi connectivity index (χ0v) is 28.5. The Hall–Kier alpha value is -1.67. The summed E-state index contributed by atoms with van der Waals surface area (Å²) in [5.41, 5.74) is 3.56. The van der Waals surface area contributed by atoms with Crippen LogP contribution >= 0.6 is 0 Å². The lowest BCUT2D eigenvalue weighted by Gasteiger charge is -2.34. The maximum absolute atomic E-state index is 12.9. The van der Waals surface area contributed by atoms with Gasteiger partial charge in [0.05, 0.1) is 6.54 Å². The second-order valence-corrected chi connectivity index (χ2v) is 12.9. The van der Waals surface area contributed by atoms with Crippen LogP contribution in [-0.2, 0) is 4.79 Å². The molecule has 1 atom stereocenters. The van der Waals surface area contributed by atoms with E-state index in [1.807, 2.05) is 0 Å². The Morgan fingerprint density at radius 1 is 0.667 bits per heavy atom. The van der Waals surface area contributed by atoms with E-state index < -0.39 is 0 Å². The van der Waals surface area contributed by atoms with E-state index in [9.17, 15) is 4.79 Å². The topological polar surface area (TPSA) is 54.1 Å². The van der Waals surface area contributed by atoms with Gasteiger partial charge in [-0.05, 0) is 52.0 Å². The summed E-state index contributed by atoms with van der Waals surface area (Å²) in [4.78, 5) is 22.8. The highest BCUT2D eigenvalue weighted by Crippen LogP contribution is 2.11. The lowest BCUT2D eigenvalue weighted by molar-refractivity contribution is -0.122. The molecule has 1 aliphatic heterocycles. The molecule has 1 aliphatic rings. The van der Waals surface area contributed by atoms with Gasteiger partial charge in [-0.2, -0.15) is 0 Å². The van der Waals surface area contributed by atoms with Crippen molar-refractivity contribution in [3.63, 3.8) is 0 Å². The molecule has 1 amide bonds. The molecule has 0 aromatic rings. The molecule has 1 heterocycles. The largest absolute Gasteiger partial charge is 0.389 e. The maximum Gasteiger partial charge on any atom is 0.234 e. The Morgan fingerprint density at radius 2 is 1.14 bits per heavy atom. The Labute approximate surface area is 260 Å². The molecule has 1 unspecified atom stereocenters. The minimum absolute atomic E-state index is 0.146. The number of rotatable bonds is 20. The van der Waals surface area contributed by atoms with Crippen LogP contribution in [0.2, 0.25) is 0 Å². The lowest BCUT2D eigenvalue weighted by atomic mass is 10.0. The van der Waals surface area contributed by atoms with Crippen LogP contribution in [0.5, 0.6) is 0 Å². The van der Waals surface area contributed by atoms with Crippen molar-refractivity contribution in [1.29, 1.82) is 0 Å². The van der Waals surface area contributed by atoms with Crippen LogP contribution in [-0.4, -0.2) is 117 Å². The molecule has 7 nitrogen and oxygen atoms in total. The van der Waals surface area contributed by atoms with Crippen LogP contribution in [0, 0.1) is 5.92 Å². The smallest absolute Gasteiger partial charge is 0.234 e. The molecule has 1 fully saturated rings. The van der Waals surface area contributed by atoms with Gasteiger partial charge in [-0.1, -0.05) is 77.3 Å². The van der Waals surface area contributed by atoms with Crippen molar-refractivity contribution < 1.29 is 4.79 Å². The van der Waals surface area contributed by atoms with Crippen LogP contribution < -0.4 is 10.6 Å². The summed E-state index contributed by atoms with van der Waals surface area (Å²) in [5.74, 6) is 0.987. The van der Waals surface area contributed by atoms with Gasteiger partial charge in [-0.15, -0.1) is 0 Å². The van der Waals surface area contributed by atoms with Gasteiger partial charge in [-0.25, -0.2) is 0 Å². The average Bonchev–Trinajstić information content (AvgIpc) is 2.94. The molecular formula is C35H68N6O. The number of amides is 1. The zero-order valence-electron chi connectivity index (χ0n) is 28.5. The molecule has 0 radical (unpaired) electrons. The molecule has 42 heavy (non-hydrogen) atoms. The molecule has 1 saturated heterocycles. The standard InChI is InChI=1S/C35H68N6O/c1-9-33(7)16-13-15-18-36-34(8)17-12-11-14-19-37-35(42)30-41-23-21-38(10-2)20-22-39(28-31(3)4)24-25-40(26-27-41)29-32(5)6/h33,36H,3,5,8-30H2,1-2,4,6-7H3,(H,37,42). The van der Waals surface area contributed by atoms with Crippen LogP contribution in [0.25, 0.3) is 0 Å². The van der Waals surface area contributed by atoms with Crippen LogP contribution in [0.4, 0.5) is 0 Å². The van der Waals surface area contributed by atoms with E-state index in [1.165, 1.54) is 36.8 Å². The number of nitrogens with zero attached hydrogens (tertiary/aromatic N) is 4. The molecule has 0 spiro atoms. The molecule has 0 saturated carbocycles. The molecule has 0 bridgehead atoms. The third kappa shape index (κ3) is 20.3. The third-order valence-electron chi connectivity index (χ3n) is 8.40. The van der Waals surface area contributed by atoms with Crippen molar-refractivity contribution in [3.8, 4) is 0 Å². The number of unbranched alkanes of at least 4 members (excludes halogenated alkanes) is 3. The number of nitrogens with one attached hydrogen (secondary N) is 2. The normalized spacial score (nSPS) is 17.6. The van der Waals surface area contributed by atoms with Crippen LogP contribution in [0.15, 0.2) is 36.6 Å². The van der Waals surface area contributed by atoms with Gasteiger partial charge < -0.3 is 15.5 Å². The summed E-state index contributed by atoms with van der Waals surface area (Å²) >= 11 is 0. The molecule has 0 aromatic carbocycles. The first-order valence-corrected chi connectivity index (χ1v) is 17.0. The highest BCUT2D eigenvalue weighted by Gasteiger charge is 2.17. The third-order valence-corrected chi connectivity index (χ3v) is 8.40. The Morgan fingerprint density at radius 3 is 1.64 bits per heavy atom. The number of likely N-dealkylation sites (N-methyl/N-ethyl adjacent to an activating group) is 1. The SMILES string of the molecule is C=C(C)CN1CCN(CC)CCN(CC(=O)NCCCCCC(=C)NCCCCC(C)CC)CCN(CC(=C)C)CC1. The van der Waals surface area contributed by atoms with Crippen LogP contribution in [0.1, 0.15) is 86.0 Å². The first-order valence-electron chi connectivity index (χ1n) is 17.0. The van der Waals surface area contributed by atoms with E-state index in [1.54, 1.807) is 0 Å². The molecule has 0 aromatic heterocycles. The first-order chi connectivity index (χ1) is 20.1. The number of carbonyl (C=O) groups is 1. The van der Waals surface area contributed by atoms with E-state index in [0.29, 0.717) is 6.54 Å². The predicted molar refractivity (Wildman–Crippen MR) is 183 cm³/mol. The molecule has 0 aliphatic carbocycles. The van der Waals surface area contributed by atoms with Gasteiger partial charge in [-0.3, -0.25) is 19.5 Å². The summed E-state index contributed by atoms with van der Waals surface area (Å²) in [7, 11) is 0. The maximum atomic E-state index is 12.9. The van der Waals surface area contributed by atoms with Crippen molar-refractivity contribution in [2.75, 3.05) is 91.6 Å². The second kappa shape index (κ2) is 23.7. The van der Waals surface area contributed by atoms with Crippen LogP contribution in [0.3, 0.4) is 0 Å². The quantitative estimate of drug-likeness (QED) is 0.147.